The van der Waals surface area contributed by atoms with E-state index in [0.717, 1.165) is 29.0 Å². The van der Waals surface area contributed by atoms with E-state index < -0.39 is 0 Å². The highest BCUT2D eigenvalue weighted by molar-refractivity contribution is 5.94. The first kappa shape index (κ1) is 17.0. The Kier molecular flexibility index (Phi) is 5.71. The van der Waals surface area contributed by atoms with E-state index in [4.69, 9.17) is 0 Å². The molecule has 5 nitrogen and oxygen atoms in total. The van der Waals surface area contributed by atoms with Gasteiger partial charge in [0.15, 0.2) is 0 Å². The Morgan fingerprint density at radius 1 is 1.17 bits per heavy atom. The third-order valence-corrected chi connectivity index (χ3v) is 3.60. The van der Waals surface area contributed by atoms with Gasteiger partial charge in [-0.25, -0.2) is 0 Å². The van der Waals surface area contributed by atoms with E-state index in [-0.39, 0.29) is 5.91 Å². The van der Waals surface area contributed by atoms with Crippen molar-refractivity contribution in [2.75, 3.05) is 32.5 Å². The van der Waals surface area contributed by atoms with Gasteiger partial charge in [0.1, 0.15) is 0 Å². The summed E-state index contributed by atoms with van der Waals surface area (Å²) in [4.78, 5) is 18.4. The first-order valence-electron chi connectivity index (χ1n) is 7.68. The number of para-hydroxylation sites is 1. The van der Waals surface area contributed by atoms with E-state index in [2.05, 4.69) is 41.6 Å². The van der Waals surface area contributed by atoms with Crippen molar-refractivity contribution in [3.05, 3.63) is 53.3 Å². The van der Waals surface area contributed by atoms with E-state index in [0.29, 0.717) is 12.1 Å². The van der Waals surface area contributed by atoms with Crippen LogP contribution in [0.5, 0.6) is 0 Å². The number of carbonyl (C=O) groups excluding carboxylic acids is 1. The van der Waals surface area contributed by atoms with Crippen molar-refractivity contribution < 1.29 is 4.79 Å². The van der Waals surface area contributed by atoms with Gasteiger partial charge < -0.3 is 15.5 Å². The Morgan fingerprint density at radius 2 is 1.87 bits per heavy atom. The Hall–Kier alpha value is -2.40. The first-order chi connectivity index (χ1) is 11.0. The molecule has 1 aromatic carbocycles. The second-order valence-corrected chi connectivity index (χ2v) is 5.91. The lowest BCUT2D eigenvalue weighted by Gasteiger charge is -2.13. The molecule has 0 radical (unpaired) electrons. The predicted molar refractivity (Wildman–Crippen MR) is 94.3 cm³/mol. The fraction of sp³-hybridized carbons (Fsp3) is 0.333. The molecule has 1 amide bonds. The molecule has 1 aromatic heterocycles. The van der Waals surface area contributed by atoms with Gasteiger partial charge in [-0.1, -0.05) is 18.2 Å². The number of benzene rings is 1. The van der Waals surface area contributed by atoms with Crippen LogP contribution in [0.15, 0.2) is 36.7 Å². The van der Waals surface area contributed by atoms with Crippen LogP contribution in [0.25, 0.3) is 0 Å². The third-order valence-electron chi connectivity index (χ3n) is 3.60. The summed E-state index contributed by atoms with van der Waals surface area (Å²) in [6, 6.07) is 7.97. The summed E-state index contributed by atoms with van der Waals surface area (Å²) >= 11 is 0. The highest BCUT2D eigenvalue weighted by Gasteiger charge is 2.08. The number of rotatable bonds is 6. The number of aromatic nitrogens is 1. The van der Waals surface area contributed by atoms with Crippen LogP contribution in [0, 0.1) is 13.8 Å². The molecule has 0 fully saturated rings. The molecule has 0 bridgehead atoms. The number of amides is 1. The molecule has 5 heteroatoms. The van der Waals surface area contributed by atoms with Crippen LogP contribution in [0.3, 0.4) is 0 Å². The van der Waals surface area contributed by atoms with Crippen LogP contribution in [-0.2, 0) is 0 Å². The predicted octanol–water partition coefficient (Wildman–Crippen LogP) is 2.73. The molecule has 0 aliphatic heterocycles. The van der Waals surface area contributed by atoms with Gasteiger partial charge in [0.05, 0.1) is 17.4 Å². The van der Waals surface area contributed by atoms with Crippen LogP contribution in [0.4, 0.5) is 11.4 Å². The van der Waals surface area contributed by atoms with E-state index >= 15 is 0 Å². The number of pyridine rings is 1. The van der Waals surface area contributed by atoms with E-state index in [9.17, 15) is 4.79 Å². The summed E-state index contributed by atoms with van der Waals surface area (Å²) in [6.07, 6.45) is 3.31. The zero-order valence-corrected chi connectivity index (χ0v) is 14.2. The van der Waals surface area contributed by atoms with Gasteiger partial charge in [-0.2, -0.15) is 0 Å². The van der Waals surface area contributed by atoms with Crippen molar-refractivity contribution in [1.29, 1.82) is 0 Å². The molecule has 0 atom stereocenters. The minimum absolute atomic E-state index is 0.107. The lowest BCUT2D eigenvalue weighted by molar-refractivity contribution is 0.0950. The van der Waals surface area contributed by atoms with Crippen molar-refractivity contribution in [2.24, 2.45) is 0 Å². The average molecular weight is 312 g/mol. The number of carbonyl (C=O) groups is 1. The van der Waals surface area contributed by atoms with Crippen LogP contribution >= 0.6 is 0 Å². The third kappa shape index (κ3) is 4.79. The Labute approximate surface area is 137 Å². The average Bonchev–Trinajstić information content (AvgIpc) is 2.51. The maximum absolute atomic E-state index is 12.2. The maximum Gasteiger partial charge on any atom is 0.252 e. The molecule has 2 rings (SSSR count). The summed E-state index contributed by atoms with van der Waals surface area (Å²) in [6.45, 7) is 5.53. The van der Waals surface area contributed by atoms with Gasteiger partial charge in [0, 0.05) is 25.0 Å². The highest BCUT2D eigenvalue weighted by atomic mass is 16.1. The number of hydrogen-bond donors (Lipinski definition) is 2. The van der Waals surface area contributed by atoms with Crippen molar-refractivity contribution in [2.45, 2.75) is 13.8 Å². The molecular formula is C18H24N4O. The van der Waals surface area contributed by atoms with Crippen LogP contribution < -0.4 is 10.6 Å². The van der Waals surface area contributed by atoms with Crippen LogP contribution in [0.1, 0.15) is 21.5 Å². The minimum Gasteiger partial charge on any atom is -0.354 e. The molecule has 23 heavy (non-hydrogen) atoms. The molecule has 2 aromatic rings. The molecule has 0 aliphatic carbocycles. The largest absolute Gasteiger partial charge is 0.354 e. The van der Waals surface area contributed by atoms with Gasteiger partial charge in [-0.3, -0.25) is 9.78 Å². The smallest absolute Gasteiger partial charge is 0.252 e. The number of aryl methyl sites for hydroxylation is 2. The zero-order chi connectivity index (χ0) is 16.8. The SMILES string of the molecule is Cc1cccc(C)c1Nc1cncc(C(=O)NCCN(C)C)c1. The molecule has 1 heterocycles. The summed E-state index contributed by atoms with van der Waals surface area (Å²) in [5.74, 6) is -0.107. The van der Waals surface area contributed by atoms with E-state index in [1.54, 1.807) is 12.4 Å². The van der Waals surface area contributed by atoms with Crippen LogP contribution in [0.2, 0.25) is 0 Å². The summed E-state index contributed by atoms with van der Waals surface area (Å²) in [5, 5.41) is 6.26. The van der Waals surface area contributed by atoms with Crippen LogP contribution in [-0.4, -0.2) is 43.0 Å². The van der Waals surface area contributed by atoms with Gasteiger partial charge in [-0.05, 0) is 45.1 Å². The van der Waals surface area contributed by atoms with E-state index in [1.165, 1.54) is 0 Å². The number of anilines is 2. The van der Waals surface area contributed by atoms with Crippen molar-refractivity contribution in [3.8, 4) is 0 Å². The Morgan fingerprint density at radius 3 is 2.52 bits per heavy atom. The fourth-order valence-corrected chi connectivity index (χ4v) is 2.28. The van der Waals surface area contributed by atoms with E-state index in [1.807, 2.05) is 31.1 Å². The number of nitrogens with one attached hydrogen (secondary N) is 2. The lowest BCUT2D eigenvalue weighted by Crippen LogP contribution is -2.31. The second-order valence-electron chi connectivity index (χ2n) is 5.91. The maximum atomic E-state index is 12.2. The summed E-state index contributed by atoms with van der Waals surface area (Å²) in [5.41, 5.74) is 4.73. The molecule has 0 saturated carbocycles. The van der Waals surface area contributed by atoms with Crippen molar-refractivity contribution in [1.82, 2.24) is 15.2 Å². The zero-order valence-electron chi connectivity index (χ0n) is 14.2. The number of nitrogens with zero attached hydrogens (tertiary/aromatic N) is 2. The normalized spacial score (nSPS) is 10.7. The molecule has 122 valence electrons. The van der Waals surface area contributed by atoms with Crippen molar-refractivity contribution >= 4 is 17.3 Å². The minimum atomic E-state index is -0.107. The molecule has 0 spiro atoms. The van der Waals surface area contributed by atoms with Gasteiger partial charge in [0.2, 0.25) is 0 Å². The molecule has 2 N–H and O–H groups in total. The summed E-state index contributed by atoms with van der Waals surface area (Å²) in [7, 11) is 3.95. The first-order valence-corrected chi connectivity index (χ1v) is 7.68. The Bertz CT molecular complexity index is 662. The standard InChI is InChI=1S/C18H24N4O/c1-13-6-5-7-14(2)17(13)21-16-10-15(11-19-12-16)18(23)20-8-9-22(3)4/h5-7,10-12,21H,8-9H2,1-4H3,(H,20,23). The van der Waals surface area contributed by atoms with Crippen molar-refractivity contribution in [3.63, 3.8) is 0 Å². The molecule has 0 unspecified atom stereocenters. The molecule has 0 aliphatic rings. The monoisotopic (exact) mass is 312 g/mol. The van der Waals surface area contributed by atoms with Gasteiger partial charge >= 0.3 is 0 Å². The summed E-state index contributed by atoms with van der Waals surface area (Å²) < 4.78 is 0. The lowest BCUT2D eigenvalue weighted by atomic mass is 10.1. The highest BCUT2D eigenvalue weighted by Crippen LogP contribution is 2.24. The fourth-order valence-electron chi connectivity index (χ4n) is 2.28. The topological polar surface area (TPSA) is 57.3 Å². The van der Waals surface area contributed by atoms with Gasteiger partial charge in [-0.15, -0.1) is 0 Å². The number of hydrogen-bond acceptors (Lipinski definition) is 4. The molecule has 0 saturated heterocycles. The van der Waals surface area contributed by atoms with Gasteiger partial charge in [0.25, 0.3) is 5.91 Å². The number of likely N-dealkylation sites (N-methyl/N-ethyl adjacent to an activating group) is 1. The quantitative estimate of drug-likeness (QED) is 0.861. The second kappa shape index (κ2) is 7.74. The Balaban J connectivity index is 2.09. The molecular weight excluding hydrogens is 288 g/mol.